The van der Waals surface area contributed by atoms with Crippen LogP contribution in [0, 0.1) is 12.3 Å². The number of ether oxygens (including phenoxy) is 1. The summed E-state index contributed by atoms with van der Waals surface area (Å²) in [6.45, 7) is 1.39. The fraction of sp³-hybridized carbons (Fsp3) is 0.296. The first-order chi connectivity index (χ1) is 16.6. The van der Waals surface area contributed by atoms with Gasteiger partial charge in [0.2, 0.25) is 5.91 Å². The molecular weight excluding hydrogens is 446 g/mol. The maximum atomic E-state index is 13.1. The molecule has 1 saturated heterocycles. The average Bonchev–Trinajstić information content (AvgIpc) is 3.38. The summed E-state index contributed by atoms with van der Waals surface area (Å²) in [5.41, 5.74) is 2.98. The smallest absolute Gasteiger partial charge is 0.275 e. The maximum Gasteiger partial charge on any atom is 0.275 e. The Hall–Kier alpha value is -3.63. The molecule has 4 rings (SSSR count). The number of aromatic nitrogens is 1. The van der Waals surface area contributed by atoms with E-state index in [0.29, 0.717) is 43.1 Å². The molecule has 1 fully saturated rings. The highest BCUT2D eigenvalue weighted by Gasteiger charge is 2.26. The number of nitrogens with one attached hydrogen (secondary N) is 1. The topological polar surface area (TPSA) is 71.5 Å². The molecule has 0 atom stereocenters. The van der Waals surface area contributed by atoms with Crippen molar-refractivity contribution >= 4 is 28.8 Å². The number of anilines is 1. The second-order valence-corrected chi connectivity index (χ2v) is 9.05. The highest BCUT2D eigenvalue weighted by atomic mass is 32.1. The number of benzene rings is 2. The van der Waals surface area contributed by atoms with Gasteiger partial charge in [-0.15, -0.1) is 23.7 Å². The van der Waals surface area contributed by atoms with Gasteiger partial charge in [0, 0.05) is 48.9 Å². The van der Waals surface area contributed by atoms with Crippen LogP contribution in [0.15, 0.2) is 53.9 Å². The minimum absolute atomic E-state index is 0.114. The molecule has 174 valence electrons. The van der Waals surface area contributed by atoms with Crippen molar-refractivity contribution in [3.8, 4) is 29.2 Å². The standard InChI is InChI=1S/C27H27N3O3S/c1-3-4-10-25(31)30-15-13-20(14-16-30)27-29-24(18-34-27)26(32)28-23-17-21(33-2)11-12-22(23)19-8-6-5-7-9-19/h1,5-9,11-12,17-18,20H,4,10,13-16H2,2H3,(H,28,32). The Morgan fingerprint density at radius 3 is 2.68 bits per heavy atom. The largest absolute Gasteiger partial charge is 0.497 e. The van der Waals surface area contributed by atoms with E-state index in [1.54, 1.807) is 12.5 Å². The lowest BCUT2D eigenvalue weighted by atomic mass is 9.97. The number of hydrogen-bond donors (Lipinski definition) is 1. The zero-order chi connectivity index (χ0) is 23.9. The van der Waals surface area contributed by atoms with Crippen LogP contribution in [0.5, 0.6) is 5.75 Å². The third kappa shape index (κ3) is 5.46. The molecule has 3 aromatic rings. The number of thiazole rings is 1. The number of carbonyl (C=O) groups is 2. The van der Waals surface area contributed by atoms with Gasteiger partial charge in [-0.2, -0.15) is 0 Å². The van der Waals surface area contributed by atoms with Crippen molar-refractivity contribution in [3.63, 3.8) is 0 Å². The number of piperidine rings is 1. The molecule has 0 bridgehead atoms. The minimum atomic E-state index is -0.255. The van der Waals surface area contributed by atoms with Crippen molar-refractivity contribution in [2.75, 3.05) is 25.5 Å². The van der Waals surface area contributed by atoms with Crippen LogP contribution in [0.4, 0.5) is 5.69 Å². The van der Waals surface area contributed by atoms with Gasteiger partial charge in [-0.3, -0.25) is 9.59 Å². The van der Waals surface area contributed by atoms with E-state index in [9.17, 15) is 9.59 Å². The van der Waals surface area contributed by atoms with E-state index >= 15 is 0 Å². The Morgan fingerprint density at radius 2 is 1.97 bits per heavy atom. The molecule has 1 N–H and O–H groups in total. The number of amides is 2. The summed E-state index contributed by atoms with van der Waals surface area (Å²) in [4.78, 5) is 31.8. The highest BCUT2D eigenvalue weighted by Crippen LogP contribution is 2.33. The summed E-state index contributed by atoms with van der Waals surface area (Å²) >= 11 is 1.50. The zero-order valence-corrected chi connectivity index (χ0v) is 19.9. The third-order valence-electron chi connectivity index (χ3n) is 5.99. The van der Waals surface area contributed by atoms with E-state index in [1.807, 2.05) is 53.4 Å². The Bertz CT molecular complexity index is 1190. The number of likely N-dealkylation sites (tertiary alicyclic amines) is 1. The van der Waals surface area contributed by atoms with Crippen LogP contribution in [0.25, 0.3) is 11.1 Å². The summed E-state index contributed by atoms with van der Waals surface area (Å²) in [6, 6.07) is 15.5. The quantitative estimate of drug-likeness (QED) is 0.480. The summed E-state index contributed by atoms with van der Waals surface area (Å²) in [5.74, 6) is 3.29. The lowest BCUT2D eigenvalue weighted by molar-refractivity contribution is -0.132. The molecule has 0 spiro atoms. The van der Waals surface area contributed by atoms with Gasteiger partial charge in [0.05, 0.1) is 17.8 Å². The molecule has 1 aliphatic rings. The number of rotatable bonds is 7. The predicted octanol–water partition coefficient (Wildman–Crippen LogP) is 5.19. The predicted molar refractivity (Wildman–Crippen MR) is 135 cm³/mol. The van der Waals surface area contributed by atoms with E-state index < -0.39 is 0 Å². The first-order valence-electron chi connectivity index (χ1n) is 11.3. The second kappa shape index (κ2) is 11.0. The fourth-order valence-electron chi connectivity index (χ4n) is 4.10. The summed E-state index contributed by atoms with van der Waals surface area (Å²) in [7, 11) is 1.60. The van der Waals surface area contributed by atoms with E-state index in [-0.39, 0.29) is 17.7 Å². The lowest BCUT2D eigenvalue weighted by Gasteiger charge is -2.31. The minimum Gasteiger partial charge on any atom is -0.497 e. The van der Waals surface area contributed by atoms with Crippen molar-refractivity contribution < 1.29 is 14.3 Å². The van der Waals surface area contributed by atoms with Crippen LogP contribution in [0.2, 0.25) is 0 Å². The van der Waals surface area contributed by atoms with Gasteiger partial charge in [0.15, 0.2) is 0 Å². The van der Waals surface area contributed by atoms with Crippen LogP contribution < -0.4 is 10.1 Å². The van der Waals surface area contributed by atoms with Gasteiger partial charge in [-0.1, -0.05) is 30.3 Å². The molecule has 0 aliphatic carbocycles. The molecule has 7 heteroatoms. The van der Waals surface area contributed by atoms with Crippen LogP contribution in [-0.2, 0) is 4.79 Å². The Morgan fingerprint density at radius 1 is 1.21 bits per heavy atom. The van der Waals surface area contributed by atoms with Crippen molar-refractivity contribution in [1.29, 1.82) is 0 Å². The monoisotopic (exact) mass is 473 g/mol. The number of carbonyl (C=O) groups excluding carboxylic acids is 2. The Labute approximate surface area is 204 Å². The first-order valence-corrected chi connectivity index (χ1v) is 12.2. The van der Waals surface area contributed by atoms with Gasteiger partial charge in [-0.25, -0.2) is 4.98 Å². The van der Waals surface area contributed by atoms with Gasteiger partial charge < -0.3 is 15.0 Å². The lowest BCUT2D eigenvalue weighted by Crippen LogP contribution is -2.37. The molecule has 6 nitrogen and oxygen atoms in total. The van der Waals surface area contributed by atoms with Crippen LogP contribution in [0.1, 0.15) is 47.1 Å². The van der Waals surface area contributed by atoms with Gasteiger partial charge in [-0.05, 0) is 30.5 Å². The second-order valence-electron chi connectivity index (χ2n) is 8.16. The molecule has 0 saturated carbocycles. The van der Waals surface area contributed by atoms with Crippen LogP contribution >= 0.6 is 11.3 Å². The Balaban J connectivity index is 1.44. The van der Waals surface area contributed by atoms with E-state index in [4.69, 9.17) is 11.2 Å². The maximum absolute atomic E-state index is 13.1. The summed E-state index contributed by atoms with van der Waals surface area (Å²) in [6.07, 6.45) is 7.82. The van der Waals surface area contributed by atoms with E-state index in [1.165, 1.54) is 11.3 Å². The molecule has 2 amide bonds. The van der Waals surface area contributed by atoms with E-state index in [0.717, 1.165) is 29.0 Å². The van der Waals surface area contributed by atoms with Crippen molar-refractivity contribution in [3.05, 3.63) is 64.6 Å². The van der Waals surface area contributed by atoms with Gasteiger partial charge in [0.1, 0.15) is 11.4 Å². The molecule has 1 aromatic heterocycles. The van der Waals surface area contributed by atoms with Crippen LogP contribution in [-0.4, -0.2) is 41.9 Å². The average molecular weight is 474 g/mol. The normalized spacial score (nSPS) is 13.8. The number of nitrogens with zero attached hydrogens (tertiary/aromatic N) is 2. The number of hydrogen-bond acceptors (Lipinski definition) is 5. The van der Waals surface area contributed by atoms with Gasteiger partial charge >= 0.3 is 0 Å². The number of terminal acetylenes is 1. The molecule has 2 aromatic carbocycles. The van der Waals surface area contributed by atoms with Gasteiger partial charge in [0.25, 0.3) is 5.91 Å². The first kappa shape index (κ1) is 23.5. The molecule has 34 heavy (non-hydrogen) atoms. The molecule has 1 aliphatic heterocycles. The molecule has 2 heterocycles. The fourth-order valence-corrected chi connectivity index (χ4v) is 5.07. The van der Waals surface area contributed by atoms with Crippen molar-refractivity contribution in [2.45, 2.75) is 31.6 Å². The van der Waals surface area contributed by atoms with E-state index in [2.05, 4.69) is 16.2 Å². The summed E-state index contributed by atoms with van der Waals surface area (Å²) < 4.78 is 5.36. The number of methoxy groups -OCH3 is 1. The molecule has 0 radical (unpaired) electrons. The van der Waals surface area contributed by atoms with Crippen molar-refractivity contribution in [1.82, 2.24) is 9.88 Å². The Kier molecular flexibility index (Phi) is 7.61. The SMILES string of the molecule is C#CCCC(=O)N1CCC(c2nc(C(=O)Nc3cc(OC)ccc3-c3ccccc3)cs2)CC1. The third-order valence-corrected chi connectivity index (χ3v) is 7.00. The highest BCUT2D eigenvalue weighted by molar-refractivity contribution is 7.10. The summed E-state index contributed by atoms with van der Waals surface area (Å²) in [5, 5.41) is 5.76. The zero-order valence-electron chi connectivity index (χ0n) is 19.1. The molecular formula is C27H27N3O3S. The van der Waals surface area contributed by atoms with Crippen LogP contribution in [0.3, 0.4) is 0 Å². The molecule has 0 unspecified atom stereocenters. The van der Waals surface area contributed by atoms with Crippen molar-refractivity contribution in [2.24, 2.45) is 0 Å².